The van der Waals surface area contributed by atoms with Crippen LogP contribution >= 0.6 is 15.9 Å². The number of hydrogen-bond acceptors (Lipinski definition) is 6. The highest BCUT2D eigenvalue weighted by Crippen LogP contribution is 2.28. The number of alkyl halides is 3. The van der Waals surface area contributed by atoms with E-state index in [4.69, 9.17) is 4.98 Å². The van der Waals surface area contributed by atoms with E-state index in [-0.39, 0.29) is 31.0 Å². The molecule has 14 heteroatoms. The van der Waals surface area contributed by atoms with Gasteiger partial charge in [-0.1, -0.05) is 77.1 Å². The minimum absolute atomic E-state index is 0.00373. The van der Waals surface area contributed by atoms with Crippen LogP contribution in [-0.2, 0) is 40.9 Å². The second-order valence-corrected chi connectivity index (χ2v) is 13.9. The van der Waals surface area contributed by atoms with Crippen molar-refractivity contribution < 1.29 is 26.4 Å². The normalized spacial score (nSPS) is 13.5. The van der Waals surface area contributed by atoms with Gasteiger partial charge in [0.1, 0.15) is 5.82 Å². The molecule has 2 aromatic carbocycles. The van der Waals surface area contributed by atoms with Gasteiger partial charge in [0.25, 0.3) is 0 Å². The van der Waals surface area contributed by atoms with Gasteiger partial charge in [-0.2, -0.15) is 22.8 Å². The predicted octanol–water partition coefficient (Wildman–Crippen LogP) is 8.84. The number of halogens is 4. The van der Waals surface area contributed by atoms with Crippen LogP contribution in [0.5, 0.6) is 0 Å². The van der Waals surface area contributed by atoms with Gasteiger partial charge in [0.15, 0.2) is 5.65 Å². The van der Waals surface area contributed by atoms with Gasteiger partial charge < -0.3 is 10.2 Å². The van der Waals surface area contributed by atoms with Crippen LogP contribution in [0.2, 0.25) is 0 Å². The molecule has 0 saturated heterocycles. The van der Waals surface area contributed by atoms with Gasteiger partial charge in [0.05, 0.1) is 21.3 Å². The molecule has 4 aromatic rings. The first-order chi connectivity index (χ1) is 24.3. The van der Waals surface area contributed by atoms with Crippen LogP contribution in [0.15, 0.2) is 81.8 Å². The standard InChI is InChI=1S/C33H34BrF3N6O3S.2C2H6/c1-4-5-7-21(2)22(3)29-16-30(43-31(41-29)28(34)19-39-43)38-17-23-8-6-9-24(14-23)18-40-47(45,46)27-11-10-25-12-13-42(20-26(25)15-27)32(44)33(35,36)37;2*1-2/h5-11,14-16,19,38,40H,4,12-13,17-18,20H2,1-3H3;2*1-2H3/b7-5-,22-21+;;. The van der Waals surface area contributed by atoms with E-state index in [1.54, 1.807) is 22.8 Å². The maximum Gasteiger partial charge on any atom is 0.471 e. The van der Waals surface area contributed by atoms with Gasteiger partial charge >= 0.3 is 12.1 Å². The summed E-state index contributed by atoms with van der Waals surface area (Å²) < 4.78 is 70.3. The number of aromatic nitrogens is 3. The van der Waals surface area contributed by atoms with E-state index in [1.165, 1.54) is 12.1 Å². The van der Waals surface area contributed by atoms with E-state index in [2.05, 4.69) is 50.1 Å². The summed E-state index contributed by atoms with van der Waals surface area (Å²) in [4.78, 5) is 17.2. The summed E-state index contributed by atoms with van der Waals surface area (Å²) in [5.41, 5.74) is 6.32. The first-order valence-electron chi connectivity index (χ1n) is 16.9. The van der Waals surface area contributed by atoms with Crippen molar-refractivity contribution in [2.45, 2.75) is 92.0 Å². The Morgan fingerprint density at radius 3 is 2.35 bits per heavy atom. The van der Waals surface area contributed by atoms with Crippen molar-refractivity contribution in [3.05, 3.63) is 105 Å². The Hall–Kier alpha value is -4.01. The van der Waals surface area contributed by atoms with Gasteiger partial charge in [-0.05, 0) is 88.2 Å². The summed E-state index contributed by atoms with van der Waals surface area (Å²) in [6, 6.07) is 13.7. The van der Waals surface area contributed by atoms with Gasteiger partial charge in [-0.15, -0.1) is 0 Å². The van der Waals surface area contributed by atoms with Gasteiger partial charge in [-0.3, -0.25) is 4.79 Å². The Morgan fingerprint density at radius 2 is 1.69 bits per heavy atom. The van der Waals surface area contributed by atoms with Crippen molar-refractivity contribution in [2.75, 3.05) is 11.9 Å². The number of fused-ring (bicyclic) bond motifs is 2. The summed E-state index contributed by atoms with van der Waals surface area (Å²) in [5, 5.41) is 7.88. The minimum atomic E-state index is -4.99. The number of carbonyl (C=O) groups is 1. The van der Waals surface area contributed by atoms with Crippen LogP contribution in [-0.4, -0.2) is 46.5 Å². The van der Waals surface area contributed by atoms with Gasteiger partial charge in [0.2, 0.25) is 10.0 Å². The Balaban J connectivity index is 0.00000169. The zero-order chi connectivity index (χ0) is 37.9. The van der Waals surface area contributed by atoms with Crippen molar-refractivity contribution in [2.24, 2.45) is 0 Å². The fraction of sp³-hybridized carbons (Fsp3) is 0.378. The van der Waals surface area contributed by atoms with Crippen LogP contribution in [0.4, 0.5) is 19.0 Å². The summed E-state index contributed by atoms with van der Waals surface area (Å²) in [6.07, 6.45) is 2.03. The lowest BCUT2D eigenvalue weighted by Crippen LogP contribution is -2.43. The lowest BCUT2D eigenvalue weighted by molar-refractivity contribution is -0.186. The monoisotopic (exact) mass is 790 g/mol. The van der Waals surface area contributed by atoms with Crippen molar-refractivity contribution in [1.29, 1.82) is 0 Å². The predicted molar refractivity (Wildman–Crippen MR) is 200 cm³/mol. The van der Waals surface area contributed by atoms with Crippen LogP contribution in [0.3, 0.4) is 0 Å². The summed E-state index contributed by atoms with van der Waals surface area (Å²) in [5.74, 6) is -1.20. The largest absolute Gasteiger partial charge is 0.471 e. The highest BCUT2D eigenvalue weighted by atomic mass is 79.9. The number of anilines is 1. The van der Waals surface area contributed by atoms with Crippen LogP contribution in [0.25, 0.3) is 11.2 Å². The van der Waals surface area contributed by atoms with Crippen molar-refractivity contribution >= 4 is 48.9 Å². The molecule has 2 N–H and O–H groups in total. The molecule has 1 aliphatic rings. The molecule has 0 aliphatic carbocycles. The third kappa shape index (κ3) is 10.5. The number of sulfonamides is 1. The number of benzene rings is 2. The van der Waals surface area contributed by atoms with Crippen LogP contribution in [0.1, 0.15) is 82.8 Å². The minimum Gasteiger partial charge on any atom is -0.366 e. The number of rotatable bonds is 10. The molecule has 1 amide bonds. The molecule has 0 bridgehead atoms. The first-order valence-corrected chi connectivity index (χ1v) is 19.2. The van der Waals surface area contributed by atoms with E-state index in [0.717, 1.165) is 39.1 Å². The lowest BCUT2D eigenvalue weighted by Gasteiger charge is -2.29. The molecule has 3 heterocycles. The first kappa shape index (κ1) is 41.4. The molecule has 9 nitrogen and oxygen atoms in total. The second kappa shape index (κ2) is 18.5. The van der Waals surface area contributed by atoms with E-state index in [1.807, 2.05) is 65.8 Å². The molecule has 0 unspecified atom stereocenters. The fourth-order valence-corrected chi connectivity index (χ4v) is 6.65. The maximum absolute atomic E-state index is 13.2. The summed E-state index contributed by atoms with van der Waals surface area (Å²) in [7, 11) is -4.00. The molecule has 2 aromatic heterocycles. The Morgan fingerprint density at radius 1 is 1.00 bits per heavy atom. The molecule has 276 valence electrons. The van der Waals surface area contributed by atoms with Crippen molar-refractivity contribution in [3.63, 3.8) is 0 Å². The summed E-state index contributed by atoms with van der Waals surface area (Å²) in [6.45, 7) is 14.2. The highest BCUT2D eigenvalue weighted by Gasteiger charge is 2.43. The number of nitrogens with zero attached hydrogens (tertiary/aromatic N) is 4. The van der Waals surface area contributed by atoms with Gasteiger partial charge in [-0.25, -0.2) is 18.1 Å². The molecule has 0 saturated carbocycles. The van der Waals surface area contributed by atoms with E-state index in [0.29, 0.717) is 33.8 Å². The lowest BCUT2D eigenvalue weighted by atomic mass is 10.00. The molecule has 0 spiro atoms. The SMILES string of the molecule is CC.CC.CC/C=C\C(C)=C(/C)c1cc(NCc2cccc(CNS(=O)(=O)c3ccc4c(c3)CN(C(=O)C(F)(F)F)CC4)c2)n2ncc(Br)c2n1. The average Bonchev–Trinajstić information content (AvgIpc) is 3.52. The molecular weight excluding hydrogens is 745 g/mol. The molecule has 51 heavy (non-hydrogen) atoms. The Kier molecular flexibility index (Phi) is 15.0. The smallest absolute Gasteiger partial charge is 0.366 e. The highest BCUT2D eigenvalue weighted by molar-refractivity contribution is 9.10. The quantitative estimate of drug-likeness (QED) is 0.156. The van der Waals surface area contributed by atoms with Crippen molar-refractivity contribution in [1.82, 2.24) is 24.2 Å². The summed E-state index contributed by atoms with van der Waals surface area (Å²) >= 11 is 3.54. The number of hydrogen-bond donors (Lipinski definition) is 2. The molecule has 1 aliphatic heterocycles. The van der Waals surface area contributed by atoms with Crippen molar-refractivity contribution in [3.8, 4) is 0 Å². The van der Waals surface area contributed by atoms with Gasteiger partial charge in [0, 0.05) is 32.2 Å². The fourth-order valence-electron chi connectivity index (χ4n) is 5.23. The molecule has 5 rings (SSSR count). The molecule has 0 radical (unpaired) electrons. The third-order valence-electron chi connectivity index (χ3n) is 7.97. The Bertz CT molecular complexity index is 1990. The molecular formula is C37H46BrF3N6O3S. The third-order valence-corrected chi connectivity index (χ3v) is 9.93. The van der Waals surface area contributed by atoms with Crippen LogP contribution in [0, 0.1) is 0 Å². The van der Waals surface area contributed by atoms with E-state index in [9.17, 15) is 26.4 Å². The average molecular weight is 792 g/mol. The number of carbonyl (C=O) groups excluding carboxylic acids is 1. The molecule has 0 fully saturated rings. The Labute approximate surface area is 307 Å². The maximum atomic E-state index is 13.2. The number of amides is 1. The zero-order valence-corrected chi connectivity index (χ0v) is 32.4. The van der Waals surface area contributed by atoms with E-state index < -0.39 is 22.1 Å². The van der Waals surface area contributed by atoms with Crippen LogP contribution < -0.4 is 10.0 Å². The number of allylic oxidation sites excluding steroid dienone is 4. The second-order valence-electron chi connectivity index (χ2n) is 11.3. The topological polar surface area (TPSA) is 109 Å². The molecule has 0 atom stereocenters. The number of nitrogens with one attached hydrogen (secondary N) is 2. The van der Waals surface area contributed by atoms with E-state index >= 15 is 0 Å². The zero-order valence-electron chi connectivity index (χ0n) is 30.0.